The molecular weight excluding hydrogens is 342 g/mol. The molecule has 0 saturated carbocycles. The van der Waals surface area contributed by atoms with Gasteiger partial charge in [-0.25, -0.2) is 4.99 Å². The highest BCUT2D eigenvalue weighted by Crippen LogP contribution is 2.16. The molecule has 0 bridgehead atoms. The van der Waals surface area contributed by atoms with Crippen LogP contribution in [-0.4, -0.2) is 88.2 Å². The van der Waals surface area contributed by atoms with Crippen LogP contribution in [0, 0.1) is 5.92 Å². The molecule has 0 aliphatic carbocycles. The fourth-order valence-corrected chi connectivity index (χ4v) is 3.35. The Morgan fingerprint density at radius 1 is 1.22 bits per heavy atom. The molecule has 0 aromatic heterocycles. The second-order valence-corrected chi connectivity index (χ2v) is 7.35. The summed E-state index contributed by atoms with van der Waals surface area (Å²) in [6.07, 6.45) is 1.08. The highest BCUT2D eigenvalue weighted by Gasteiger charge is 2.22. The second-order valence-electron chi connectivity index (χ2n) is 7.35. The number of guanidine groups is 1. The minimum Gasteiger partial charge on any atom is -0.381 e. The molecule has 7 heteroatoms. The van der Waals surface area contributed by atoms with Crippen molar-refractivity contribution in [1.29, 1.82) is 0 Å². The highest BCUT2D eigenvalue weighted by atomic mass is 16.5. The lowest BCUT2D eigenvalue weighted by molar-refractivity contribution is -0.127. The molecule has 1 N–H and O–H groups in total. The number of para-hydroxylation sites is 1. The van der Waals surface area contributed by atoms with E-state index in [9.17, 15) is 4.79 Å². The lowest BCUT2D eigenvalue weighted by atomic mass is 10.1. The van der Waals surface area contributed by atoms with Crippen molar-refractivity contribution in [1.82, 2.24) is 15.1 Å². The monoisotopic (exact) mass is 373 g/mol. The summed E-state index contributed by atoms with van der Waals surface area (Å²) in [7, 11) is 3.53. The van der Waals surface area contributed by atoms with Gasteiger partial charge in [-0.3, -0.25) is 4.79 Å². The zero-order valence-electron chi connectivity index (χ0n) is 16.4. The van der Waals surface area contributed by atoms with Crippen LogP contribution in [0.2, 0.25) is 0 Å². The van der Waals surface area contributed by atoms with Crippen molar-refractivity contribution in [2.24, 2.45) is 10.9 Å². The zero-order valence-corrected chi connectivity index (χ0v) is 16.4. The number of benzene rings is 1. The molecule has 1 atom stereocenters. The van der Waals surface area contributed by atoms with Crippen molar-refractivity contribution in [2.75, 3.05) is 71.5 Å². The van der Waals surface area contributed by atoms with Crippen molar-refractivity contribution >= 4 is 17.6 Å². The molecule has 1 amide bonds. The van der Waals surface area contributed by atoms with E-state index in [1.54, 1.807) is 19.0 Å². The zero-order chi connectivity index (χ0) is 19.1. The Labute approximate surface area is 162 Å². The van der Waals surface area contributed by atoms with E-state index in [-0.39, 0.29) is 12.5 Å². The summed E-state index contributed by atoms with van der Waals surface area (Å²) < 4.78 is 5.47. The maximum absolute atomic E-state index is 12.0. The number of anilines is 1. The van der Waals surface area contributed by atoms with Gasteiger partial charge in [-0.1, -0.05) is 18.2 Å². The van der Waals surface area contributed by atoms with Gasteiger partial charge < -0.3 is 24.8 Å². The Hall–Kier alpha value is -2.28. The molecule has 27 heavy (non-hydrogen) atoms. The van der Waals surface area contributed by atoms with Crippen LogP contribution in [0.4, 0.5) is 5.69 Å². The second kappa shape index (κ2) is 9.60. The normalized spacial score (nSPS) is 20.7. The molecule has 1 aromatic carbocycles. The average Bonchev–Trinajstić information content (AvgIpc) is 3.22. The van der Waals surface area contributed by atoms with Crippen molar-refractivity contribution in [3.05, 3.63) is 30.3 Å². The van der Waals surface area contributed by atoms with Crippen LogP contribution in [0.5, 0.6) is 0 Å². The van der Waals surface area contributed by atoms with E-state index in [0.29, 0.717) is 5.92 Å². The number of ether oxygens (including phenoxy) is 1. The molecule has 148 valence electrons. The lowest BCUT2D eigenvalue weighted by Gasteiger charge is -2.38. The number of hydrogen-bond donors (Lipinski definition) is 1. The Balaban J connectivity index is 1.59. The van der Waals surface area contributed by atoms with Gasteiger partial charge in [-0.15, -0.1) is 0 Å². The topological polar surface area (TPSA) is 60.4 Å². The molecule has 3 rings (SSSR count). The van der Waals surface area contributed by atoms with Crippen molar-refractivity contribution in [2.45, 2.75) is 6.42 Å². The summed E-state index contributed by atoms with van der Waals surface area (Å²) in [5.74, 6) is 1.37. The van der Waals surface area contributed by atoms with Gasteiger partial charge in [0.15, 0.2) is 5.96 Å². The molecule has 2 aliphatic rings. The van der Waals surface area contributed by atoms with E-state index in [1.807, 2.05) is 6.07 Å². The number of likely N-dealkylation sites (N-methyl/N-ethyl adjacent to an activating group) is 1. The molecule has 1 unspecified atom stereocenters. The first-order valence-corrected chi connectivity index (χ1v) is 9.74. The Bertz CT molecular complexity index is 621. The predicted molar refractivity (Wildman–Crippen MR) is 108 cm³/mol. The molecule has 0 spiro atoms. The number of rotatable bonds is 5. The molecule has 1 aromatic rings. The van der Waals surface area contributed by atoms with Crippen molar-refractivity contribution < 1.29 is 9.53 Å². The molecule has 2 fully saturated rings. The number of nitrogens with one attached hydrogen (secondary N) is 1. The van der Waals surface area contributed by atoms with Crippen LogP contribution in [0.3, 0.4) is 0 Å². The first-order chi connectivity index (χ1) is 13.1. The van der Waals surface area contributed by atoms with Gasteiger partial charge in [0.1, 0.15) is 6.54 Å². The van der Waals surface area contributed by atoms with E-state index in [2.05, 4.69) is 44.4 Å². The summed E-state index contributed by atoms with van der Waals surface area (Å²) in [5.41, 5.74) is 1.26. The third kappa shape index (κ3) is 5.60. The third-order valence-electron chi connectivity index (χ3n) is 5.14. The van der Waals surface area contributed by atoms with Gasteiger partial charge in [-0.05, 0) is 18.6 Å². The van der Waals surface area contributed by atoms with Gasteiger partial charge in [0, 0.05) is 65.0 Å². The minimum absolute atomic E-state index is 0.0152. The molecule has 2 aliphatic heterocycles. The Morgan fingerprint density at radius 2 is 1.96 bits per heavy atom. The van der Waals surface area contributed by atoms with E-state index < -0.39 is 0 Å². The number of aliphatic imine (C=N–C) groups is 1. The minimum atomic E-state index is 0.0152. The molecule has 0 radical (unpaired) electrons. The summed E-state index contributed by atoms with van der Waals surface area (Å²) in [6.45, 7) is 6.32. The van der Waals surface area contributed by atoms with Crippen molar-refractivity contribution in [3.8, 4) is 0 Å². The number of hydrogen-bond acceptors (Lipinski definition) is 4. The van der Waals surface area contributed by atoms with Crippen LogP contribution in [-0.2, 0) is 9.53 Å². The molecule has 7 nitrogen and oxygen atoms in total. The first kappa shape index (κ1) is 19.5. The summed E-state index contributed by atoms with van der Waals surface area (Å²) in [5, 5.41) is 3.49. The number of amides is 1. The predicted octanol–water partition coefficient (Wildman–Crippen LogP) is 0.879. The number of nitrogens with zero attached hydrogens (tertiary/aromatic N) is 4. The fraction of sp³-hybridized carbons (Fsp3) is 0.600. The van der Waals surface area contributed by atoms with E-state index in [4.69, 9.17) is 4.74 Å². The van der Waals surface area contributed by atoms with Gasteiger partial charge >= 0.3 is 0 Å². The lowest BCUT2D eigenvalue weighted by Crippen LogP contribution is -2.53. The summed E-state index contributed by atoms with van der Waals surface area (Å²) in [6, 6.07) is 10.5. The van der Waals surface area contributed by atoms with Crippen LogP contribution in [0.1, 0.15) is 6.42 Å². The summed E-state index contributed by atoms with van der Waals surface area (Å²) >= 11 is 0. The number of carbonyl (C=O) groups excluding carboxylic acids is 1. The molecular formula is C20H31N5O2. The molecule has 2 saturated heterocycles. The van der Waals surface area contributed by atoms with Gasteiger partial charge in [0.25, 0.3) is 0 Å². The maximum Gasteiger partial charge on any atom is 0.243 e. The Morgan fingerprint density at radius 3 is 2.59 bits per heavy atom. The molecule has 2 heterocycles. The fourth-order valence-electron chi connectivity index (χ4n) is 3.35. The van der Waals surface area contributed by atoms with Crippen LogP contribution in [0.15, 0.2) is 35.3 Å². The number of carbonyl (C=O) groups is 1. The van der Waals surface area contributed by atoms with E-state index in [1.165, 1.54) is 5.69 Å². The van der Waals surface area contributed by atoms with Gasteiger partial charge in [0.05, 0.1) is 6.61 Å². The van der Waals surface area contributed by atoms with Gasteiger partial charge in [0.2, 0.25) is 5.91 Å². The van der Waals surface area contributed by atoms with E-state index in [0.717, 1.165) is 58.3 Å². The average molecular weight is 374 g/mol. The third-order valence-corrected chi connectivity index (χ3v) is 5.14. The van der Waals surface area contributed by atoms with Gasteiger partial charge in [-0.2, -0.15) is 0 Å². The quantitative estimate of drug-likeness (QED) is 0.613. The first-order valence-electron chi connectivity index (χ1n) is 9.74. The largest absolute Gasteiger partial charge is 0.381 e. The maximum atomic E-state index is 12.0. The van der Waals surface area contributed by atoms with E-state index >= 15 is 0 Å². The SMILES string of the molecule is CN(C)C(=O)CN=C(NCC1CCOC1)N1CCN(c2ccccc2)CC1. The van der Waals surface area contributed by atoms with Crippen LogP contribution in [0.25, 0.3) is 0 Å². The van der Waals surface area contributed by atoms with Crippen molar-refractivity contribution in [3.63, 3.8) is 0 Å². The summed E-state index contributed by atoms with van der Waals surface area (Å²) in [4.78, 5) is 22.8. The van der Waals surface area contributed by atoms with Crippen LogP contribution < -0.4 is 10.2 Å². The van der Waals surface area contributed by atoms with Crippen LogP contribution >= 0.6 is 0 Å². The number of piperazine rings is 1. The standard InChI is InChI=1S/C20H31N5O2/c1-23(2)19(26)15-22-20(21-14-17-8-13-27-16-17)25-11-9-24(10-12-25)18-6-4-3-5-7-18/h3-7,17H,8-16H2,1-2H3,(H,21,22). The highest BCUT2D eigenvalue weighted by molar-refractivity contribution is 5.85. The Kier molecular flexibility index (Phi) is 6.92. The smallest absolute Gasteiger partial charge is 0.243 e.